The number of hydrogen-bond donors (Lipinski definition) is 1. The van der Waals surface area contributed by atoms with Crippen molar-refractivity contribution in [3.05, 3.63) is 70.3 Å². The third-order valence-electron chi connectivity index (χ3n) is 6.74. The largest absolute Gasteiger partial charge is 0.490 e. The first kappa shape index (κ1) is 17.5. The third-order valence-corrected chi connectivity index (χ3v) is 6.97. The molecule has 0 saturated carbocycles. The molecule has 0 saturated heterocycles. The number of amides is 1. The Bertz CT molecular complexity index is 1050. The van der Waals surface area contributed by atoms with Crippen molar-refractivity contribution in [3.8, 4) is 5.75 Å². The van der Waals surface area contributed by atoms with Gasteiger partial charge in [0.15, 0.2) is 0 Å². The molecule has 0 bridgehead atoms. The number of para-hydroxylation sites is 1. The second-order valence-electron chi connectivity index (χ2n) is 7.94. The summed E-state index contributed by atoms with van der Waals surface area (Å²) in [4.78, 5) is 25.6. The fourth-order valence-corrected chi connectivity index (χ4v) is 5.66. The van der Waals surface area contributed by atoms with Crippen molar-refractivity contribution < 1.29 is 14.3 Å². The molecule has 3 aliphatic rings. The number of allylic oxidation sites excluding steroid dienone is 1. The molecule has 2 heterocycles. The lowest BCUT2D eigenvalue weighted by molar-refractivity contribution is -0.125. The monoisotopic (exact) mass is 393 g/mol. The van der Waals surface area contributed by atoms with E-state index >= 15 is 0 Å². The smallest absolute Gasteiger partial charge is 0.236 e. The summed E-state index contributed by atoms with van der Waals surface area (Å²) in [5.74, 6) is 0.240. The summed E-state index contributed by atoms with van der Waals surface area (Å²) in [5.41, 5.74) is 2.40. The van der Waals surface area contributed by atoms with Crippen molar-refractivity contribution in [2.24, 2.45) is 11.8 Å². The van der Waals surface area contributed by atoms with Crippen molar-refractivity contribution in [1.82, 2.24) is 0 Å². The van der Waals surface area contributed by atoms with E-state index in [2.05, 4.69) is 5.32 Å². The van der Waals surface area contributed by atoms with Crippen molar-refractivity contribution in [1.29, 1.82) is 0 Å². The van der Waals surface area contributed by atoms with Crippen LogP contribution in [0.4, 0.5) is 5.69 Å². The van der Waals surface area contributed by atoms with Crippen molar-refractivity contribution >= 4 is 29.5 Å². The van der Waals surface area contributed by atoms with Gasteiger partial charge in [0.2, 0.25) is 5.91 Å². The van der Waals surface area contributed by atoms with Crippen LogP contribution in [0.15, 0.2) is 54.1 Å². The number of fused-ring (bicyclic) bond motifs is 6. The van der Waals surface area contributed by atoms with Crippen LogP contribution in [0.2, 0.25) is 5.02 Å². The molecule has 1 aliphatic carbocycles. The maximum absolute atomic E-state index is 13.6. The number of ether oxygens (including phenoxy) is 1. The Balaban J connectivity index is 1.86. The summed E-state index contributed by atoms with van der Waals surface area (Å²) < 4.78 is 6.16. The Labute approximate surface area is 168 Å². The predicted molar refractivity (Wildman–Crippen MR) is 108 cm³/mol. The van der Waals surface area contributed by atoms with E-state index in [0.717, 1.165) is 28.8 Å². The maximum atomic E-state index is 13.6. The van der Waals surface area contributed by atoms with Crippen LogP contribution in [0.25, 0.3) is 0 Å². The molecule has 0 fully saturated rings. The minimum absolute atomic E-state index is 0.0800. The number of hydrogen-bond acceptors (Lipinski definition) is 3. The zero-order valence-corrected chi connectivity index (χ0v) is 16.4. The Kier molecular flexibility index (Phi) is 3.72. The molecule has 1 N–H and O–H groups in total. The Morgan fingerprint density at radius 2 is 1.96 bits per heavy atom. The number of carbonyl (C=O) groups excluding carboxylic acids is 2. The normalized spacial score (nSPS) is 32.5. The molecular formula is C23H20ClNO3. The molecule has 2 aromatic carbocycles. The molecule has 0 radical (unpaired) electrons. The third kappa shape index (κ3) is 2.07. The molecule has 5 rings (SSSR count). The van der Waals surface area contributed by atoms with Crippen molar-refractivity contribution in [3.63, 3.8) is 0 Å². The molecule has 2 aliphatic heterocycles. The highest BCUT2D eigenvalue weighted by Gasteiger charge is 2.62. The number of carbonyl (C=O) groups is 2. The molecule has 0 aromatic heterocycles. The highest BCUT2D eigenvalue weighted by Crippen LogP contribution is 2.62. The van der Waals surface area contributed by atoms with Gasteiger partial charge in [-0.15, -0.1) is 0 Å². The van der Waals surface area contributed by atoms with Crippen LogP contribution in [0.3, 0.4) is 0 Å². The van der Waals surface area contributed by atoms with Crippen LogP contribution in [0.5, 0.6) is 5.75 Å². The van der Waals surface area contributed by atoms with Crippen LogP contribution in [-0.4, -0.2) is 18.3 Å². The number of halogens is 1. The second-order valence-corrected chi connectivity index (χ2v) is 8.37. The molecule has 1 spiro atoms. The molecule has 28 heavy (non-hydrogen) atoms. The first-order valence-electron chi connectivity index (χ1n) is 9.52. The SMILES string of the molecule is C[C@@H]1C(C=O)=C[C@H]2[C@@H](c3ccccc3O[C@@H]2C)[C@@]12C(=O)Nc1cc(Cl)ccc12. The van der Waals surface area contributed by atoms with Gasteiger partial charge in [-0.05, 0) is 41.8 Å². The van der Waals surface area contributed by atoms with E-state index in [0.29, 0.717) is 10.6 Å². The zero-order chi connectivity index (χ0) is 19.6. The van der Waals surface area contributed by atoms with Gasteiger partial charge in [-0.25, -0.2) is 0 Å². The van der Waals surface area contributed by atoms with E-state index in [9.17, 15) is 9.59 Å². The Hall–Kier alpha value is -2.59. The summed E-state index contributed by atoms with van der Waals surface area (Å²) in [6.45, 7) is 3.98. The molecule has 142 valence electrons. The number of aldehydes is 1. The van der Waals surface area contributed by atoms with E-state index in [-0.39, 0.29) is 29.8 Å². The van der Waals surface area contributed by atoms with Crippen LogP contribution < -0.4 is 10.1 Å². The van der Waals surface area contributed by atoms with Gasteiger partial charge in [0, 0.05) is 28.5 Å². The van der Waals surface area contributed by atoms with Crippen LogP contribution in [-0.2, 0) is 15.0 Å². The first-order chi connectivity index (χ1) is 13.5. The number of nitrogens with one attached hydrogen (secondary N) is 1. The van der Waals surface area contributed by atoms with Gasteiger partial charge in [0.05, 0.1) is 5.41 Å². The van der Waals surface area contributed by atoms with E-state index in [1.807, 2.05) is 56.3 Å². The maximum Gasteiger partial charge on any atom is 0.236 e. The summed E-state index contributed by atoms with van der Waals surface area (Å²) in [5, 5.41) is 3.62. The molecule has 2 aromatic rings. The van der Waals surface area contributed by atoms with Gasteiger partial charge in [0.25, 0.3) is 0 Å². The summed E-state index contributed by atoms with van der Waals surface area (Å²) in [6.07, 6.45) is 2.75. The topological polar surface area (TPSA) is 55.4 Å². The number of benzene rings is 2. The molecular weight excluding hydrogens is 374 g/mol. The van der Waals surface area contributed by atoms with Crippen LogP contribution >= 0.6 is 11.6 Å². The van der Waals surface area contributed by atoms with E-state index in [4.69, 9.17) is 16.3 Å². The fraction of sp³-hybridized carbons (Fsp3) is 0.304. The van der Waals surface area contributed by atoms with Gasteiger partial charge in [-0.3, -0.25) is 9.59 Å². The van der Waals surface area contributed by atoms with Gasteiger partial charge in [0.1, 0.15) is 18.1 Å². The molecule has 5 atom stereocenters. The summed E-state index contributed by atoms with van der Waals surface area (Å²) >= 11 is 6.19. The Morgan fingerprint density at radius 1 is 1.18 bits per heavy atom. The average molecular weight is 394 g/mol. The van der Waals surface area contributed by atoms with Gasteiger partial charge < -0.3 is 10.1 Å². The van der Waals surface area contributed by atoms with Crippen LogP contribution in [0, 0.1) is 11.8 Å². The first-order valence-corrected chi connectivity index (χ1v) is 9.90. The van der Waals surface area contributed by atoms with E-state index < -0.39 is 5.41 Å². The lowest BCUT2D eigenvalue weighted by Gasteiger charge is -2.51. The molecule has 0 unspecified atom stereocenters. The lowest BCUT2D eigenvalue weighted by Crippen LogP contribution is -2.55. The standard InChI is InChI=1S/C23H20ClNO3/c1-12-14(11-26)9-17-13(2)28-20-6-4-3-5-16(20)21(17)23(12)18-8-7-15(24)10-19(18)25-22(23)27/h3-13,17,21H,1-2H3,(H,25,27)/t12-,13-,17-,21-,23-/m1/s1. The van der Waals surface area contributed by atoms with E-state index in [1.165, 1.54) is 0 Å². The van der Waals surface area contributed by atoms with Crippen molar-refractivity contribution in [2.75, 3.05) is 5.32 Å². The van der Waals surface area contributed by atoms with Gasteiger partial charge in [-0.2, -0.15) is 0 Å². The highest BCUT2D eigenvalue weighted by atomic mass is 35.5. The summed E-state index contributed by atoms with van der Waals surface area (Å²) in [7, 11) is 0. The number of anilines is 1. The molecule has 1 amide bonds. The average Bonchev–Trinajstić information content (AvgIpc) is 2.96. The minimum atomic E-state index is -0.885. The van der Waals surface area contributed by atoms with Crippen molar-refractivity contribution in [2.45, 2.75) is 31.3 Å². The van der Waals surface area contributed by atoms with E-state index in [1.54, 1.807) is 6.07 Å². The fourth-order valence-electron chi connectivity index (χ4n) is 5.49. The quantitative estimate of drug-likeness (QED) is 0.726. The highest BCUT2D eigenvalue weighted by molar-refractivity contribution is 6.31. The molecule has 5 heteroatoms. The minimum Gasteiger partial charge on any atom is -0.490 e. The second kappa shape index (κ2) is 5.95. The van der Waals surface area contributed by atoms with Gasteiger partial charge >= 0.3 is 0 Å². The number of rotatable bonds is 1. The Morgan fingerprint density at radius 3 is 2.75 bits per heavy atom. The molecule has 4 nitrogen and oxygen atoms in total. The summed E-state index contributed by atoms with van der Waals surface area (Å²) in [6, 6.07) is 13.4. The zero-order valence-electron chi connectivity index (χ0n) is 15.6. The lowest BCUT2D eigenvalue weighted by atomic mass is 9.52. The van der Waals surface area contributed by atoms with Gasteiger partial charge in [-0.1, -0.05) is 48.9 Å². The predicted octanol–water partition coefficient (Wildman–Crippen LogP) is 4.49. The van der Waals surface area contributed by atoms with Crippen LogP contribution in [0.1, 0.15) is 30.9 Å².